The molecule has 1 aliphatic heterocycles. The van der Waals surface area contributed by atoms with Crippen LogP contribution in [0.1, 0.15) is 28.9 Å². The van der Waals surface area contributed by atoms with Crippen LogP contribution in [0.4, 0.5) is 8.78 Å². The van der Waals surface area contributed by atoms with E-state index < -0.39 is 6.43 Å². The maximum absolute atomic E-state index is 12.9. The van der Waals surface area contributed by atoms with E-state index in [1.807, 2.05) is 32.3 Å². The number of hydrogen-bond acceptors (Lipinski definition) is 4. The molecule has 1 fully saturated rings. The number of nitrogens with one attached hydrogen (secondary N) is 2. The van der Waals surface area contributed by atoms with Gasteiger partial charge >= 0.3 is 0 Å². The molecule has 0 aliphatic carbocycles. The Bertz CT molecular complexity index is 1020. The third kappa shape index (κ3) is 4.14. The van der Waals surface area contributed by atoms with E-state index in [4.69, 9.17) is 0 Å². The van der Waals surface area contributed by atoms with Gasteiger partial charge in [-0.1, -0.05) is 0 Å². The van der Waals surface area contributed by atoms with Crippen LogP contribution in [-0.4, -0.2) is 62.9 Å². The fraction of sp³-hybridized carbons (Fsp3) is 0.450. The summed E-state index contributed by atoms with van der Waals surface area (Å²) in [5, 5.41) is 15.2. The SMILES string of the molecule is Cc1cc(-c2cnn(C)c2)cc2c(C(=O)NC3CCN(CC(F)F)CC3)[nH]nc12. The second-order valence-corrected chi connectivity index (χ2v) is 7.63. The Labute approximate surface area is 167 Å². The largest absolute Gasteiger partial charge is 0.348 e. The van der Waals surface area contributed by atoms with Crippen molar-refractivity contribution in [2.24, 2.45) is 7.05 Å². The highest BCUT2D eigenvalue weighted by Gasteiger charge is 2.24. The summed E-state index contributed by atoms with van der Waals surface area (Å²) in [6.07, 6.45) is 2.70. The van der Waals surface area contributed by atoms with E-state index in [-0.39, 0.29) is 18.5 Å². The third-order valence-electron chi connectivity index (χ3n) is 5.43. The number of halogens is 2. The van der Waals surface area contributed by atoms with E-state index in [1.165, 1.54) is 0 Å². The second-order valence-electron chi connectivity index (χ2n) is 7.63. The van der Waals surface area contributed by atoms with E-state index in [9.17, 15) is 13.6 Å². The van der Waals surface area contributed by atoms with E-state index in [1.54, 1.807) is 15.8 Å². The number of piperidine rings is 1. The van der Waals surface area contributed by atoms with Crippen molar-refractivity contribution >= 4 is 16.8 Å². The van der Waals surface area contributed by atoms with Crippen molar-refractivity contribution in [1.29, 1.82) is 0 Å². The molecule has 0 radical (unpaired) electrons. The lowest BCUT2D eigenvalue weighted by molar-refractivity contribution is 0.0695. The highest BCUT2D eigenvalue weighted by Crippen LogP contribution is 2.28. The van der Waals surface area contributed by atoms with Crippen LogP contribution in [0, 0.1) is 6.92 Å². The first-order valence-corrected chi connectivity index (χ1v) is 9.70. The van der Waals surface area contributed by atoms with Gasteiger partial charge in [-0.15, -0.1) is 0 Å². The monoisotopic (exact) mass is 402 g/mol. The predicted octanol–water partition coefficient (Wildman–Crippen LogP) is 2.73. The number of nitrogens with zero attached hydrogens (tertiary/aromatic N) is 4. The Morgan fingerprint density at radius 1 is 1.31 bits per heavy atom. The van der Waals surface area contributed by atoms with E-state index >= 15 is 0 Å². The molecule has 9 heteroatoms. The number of likely N-dealkylation sites (tertiary alicyclic amines) is 1. The number of H-pyrrole nitrogens is 1. The molecule has 1 aromatic carbocycles. The Morgan fingerprint density at radius 3 is 2.72 bits per heavy atom. The normalized spacial score (nSPS) is 16.0. The van der Waals surface area contributed by atoms with Crippen molar-refractivity contribution in [1.82, 2.24) is 30.2 Å². The maximum atomic E-state index is 12.9. The number of aromatic nitrogens is 4. The lowest BCUT2D eigenvalue weighted by Crippen LogP contribution is -2.45. The van der Waals surface area contributed by atoms with Gasteiger partial charge in [-0.05, 0) is 43.0 Å². The number of alkyl halides is 2. The van der Waals surface area contributed by atoms with Crippen molar-refractivity contribution in [3.05, 3.63) is 35.8 Å². The number of aromatic amines is 1. The van der Waals surface area contributed by atoms with Crippen LogP contribution < -0.4 is 5.32 Å². The molecule has 1 saturated heterocycles. The first-order valence-electron chi connectivity index (χ1n) is 9.70. The number of aryl methyl sites for hydroxylation is 2. The molecule has 2 aromatic heterocycles. The van der Waals surface area contributed by atoms with Crippen LogP contribution in [0.2, 0.25) is 0 Å². The molecule has 0 bridgehead atoms. The van der Waals surface area contributed by atoms with Gasteiger partial charge in [0, 0.05) is 43.3 Å². The quantitative estimate of drug-likeness (QED) is 0.688. The number of rotatable bonds is 5. The molecule has 2 N–H and O–H groups in total. The maximum Gasteiger partial charge on any atom is 0.270 e. The van der Waals surface area contributed by atoms with Crippen LogP contribution in [0.25, 0.3) is 22.0 Å². The first-order chi connectivity index (χ1) is 13.9. The summed E-state index contributed by atoms with van der Waals surface area (Å²) in [7, 11) is 1.86. The first kappa shape index (κ1) is 19.5. The average molecular weight is 402 g/mol. The lowest BCUT2D eigenvalue weighted by atomic mass is 10.0. The highest BCUT2D eigenvalue weighted by atomic mass is 19.3. The predicted molar refractivity (Wildman–Crippen MR) is 106 cm³/mol. The minimum atomic E-state index is -2.32. The van der Waals surface area contributed by atoms with Crippen molar-refractivity contribution in [2.45, 2.75) is 32.2 Å². The van der Waals surface area contributed by atoms with Crippen molar-refractivity contribution < 1.29 is 13.6 Å². The highest BCUT2D eigenvalue weighted by molar-refractivity contribution is 6.06. The summed E-state index contributed by atoms with van der Waals surface area (Å²) in [6, 6.07) is 3.95. The summed E-state index contributed by atoms with van der Waals surface area (Å²) in [6.45, 7) is 2.87. The summed E-state index contributed by atoms with van der Waals surface area (Å²) in [5.41, 5.74) is 4.09. The van der Waals surface area contributed by atoms with Gasteiger partial charge in [0.2, 0.25) is 0 Å². The van der Waals surface area contributed by atoms with Gasteiger partial charge in [0.1, 0.15) is 5.69 Å². The number of carbonyl (C=O) groups is 1. The summed E-state index contributed by atoms with van der Waals surface area (Å²) < 4.78 is 26.8. The molecule has 4 rings (SSSR count). The van der Waals surface area contributed by atoms with Crippen molar-refractivity contribution in [2.75, 3.05) is 19.6 Å². The molecule has 7 nitrogen and oxygen atoms in total. The molecule has 3 aromatic rings. The van der Waals surface area contributed by atoms with Crippen LogP contribution in [-0.2, 0) is 7.05 Å². The van der Waals surface area contributed by atoms with Gasteiger partial charge in [-0.25, -0.2) is 8.78 Å². The smallest absolute Gasteiger partial charge is 0.270 e. The summed E-state index contributed by atoms with van der Waals surface area (Å²) in [5.74, 6) is -0.220. The second kappa shape index (κ2) is 7.90. The van der Waals surface area contributed by atoms with Gasteiger partial charge in [0.25, 0.3) is 12.3 Å². The number of carbonyl (C=O) groups excluding carboxylic acids is 1. The Kier molecular flexibility index (Phi) is 5.31. The number of hydrogen-bond donors (Lipinski definition) is 2. The average Bonchev–Trinajstić information content (AvgIpc) is 3.29. The molecule has 0 saturated carbocycles. The Balaban J connectivity index is 1.52. The zero-order chi connectivity index (χ0) is 20.5. The molecular weight excluding hydrogens is 378 g/mol. The molecule has 0 spiro atoms. The van der Waals surface area contributed by atoms with Gasteiger partial charge in [-0.2, -0.15) is 10.2 Å². The van der Waals surface area contributed by atoms with Crippen LogP contribution in [0.15, 0.2) is 24.5 Å². The van der Waals surface area contributed by atoms with E-state index in [0.29, 0.717) is 31.6 Å². The molecule has 0 atom stereocenters. The van der Waals surface area contributed by atoms with E-state index in [0.717, 1.165) is 27.6 Å². The fourth-order valence-electron chi connectivity index (χ4n) is 3.91. The van der Waals surface area contributed by atoms with Gasteiger partial charge < -0.3 is 5.32 Å². The molecule has 0 unspecified atom stereocenters. The lowest BCUT2D eigenvalue weighted by Gasteiger charge is -2.31. The Hall–Kier alpha value is -2.81. The van der Waals surface area contributed by atoms with Gasteiger partial charge in [-0.3, -0.25) is 19.5 Å². The molecular formula is C20H24F2N6O. The zero-order valence-corrected chi connectivity index (χ0v) is 16.5. The standard InChI is InChI=1S/C20H24F2N6O/c1-12-7-13(14-9-23-27(2)10-14)8-16-18(12)25-26-19(16)20(29)24-15-3-5-28(6-4-15)11-17(21)22/h7-10,15,17H,3-6,11H2,1-2H3,(H,24,29)(H,25,26). The molecule has 1 aliphatic rings. The molecule has 1 amide bonds. The molecule has 154 valence electrons. The number of benzene rings is 1. The third-order valence-corrected chi connectivity index (χ3v) is 5.43. The topological polar surface area (TPSA) is 78.8 Å². The minimum Gasteiger partial charge on any atom is -0.348 e. The van der Waals surface area contributed by atoms with E-state index in [2.05, 4.69) is 20.6 Å². The summed E-state index contributed by atoms with van der Waals surface area (Å²) in [4.78, 5) is 14.6. The number of amides is 1. The molecule has 29 heavy (non-hydrogen) atoms. The van der Waals surface area contributed by atoms with Crippen molar-refractivity contribution in [3.63, 3.8) is 0 Å². The summed E-state index contributed by atoms with van der Waals surface area (Å²) >= 11 is 0. The van der Waals surface area contributed by atoms with Crippen LogP contribution >= 0.6 is 0 Å². The molecule has 3 heterocycles. The van der Waals surface area contributed by atoms with Crippen LogP contribution in [0.5, 0.6) is 0 Å². The van der Waals surface area contributed by atoms with Gasteiger partial charge in [0.05, 0.1) is 18.3 Å². The van der Waals surface area contributed by atoms with Gasteiger partial charge in [0.15, 0.2) is 0 Å². The fourth-order valence-corrected chi connectivity index (χ4v) is 3.91. The minimum absolute atomic E-state index is 0.0302. The zero-order valence-electron chi connectivity index (χ0n) is 16.5. The number of fused-ring (bicyclic) bond motifs is 1. The van der Waals surface area contributed by atoms with Crippen molar-refractivity contribution in [3.8, 4) is 11.1 Å². The van der Waals surface area contributed by atoms with Crippen LogP contribution in [0.3, 0.4) is 0 Å². The Morgan fingerprint density at radius 2 is 2.07 bits per heavy atom.